The molecule has 2 amide bonds. The van der Waals surface area contributed by atoms with E-state index in [-0.39, 0.29) is 18.2 Å². The van der Waals surface area contributed by atoms with Gasteiger partial charge in [0.05, 0.1) is 11.5 Å². The summed E-state index contributed by atoms with van der Waals surface area (Å²) in [4.78, 5) is 36.0. The molecule has 0 aliphatic heterocycles. The van der Waals surface area contributed by atoms with E-state index in [9.17, 15) is 18.8 Å². The van der Waals surface area contributed by atoms with E-state index in [2.05, 4.69) is 22.8 Å². The summed E-state index contributed by atoms with van der Waals surface area (Å²) in [6.07, 6.45) is -0.643. The highest BCUT2D eigenvalue weighted by Crippen LogP contribution is 2.44. The third-order valence-corrected chi connectivity index (χ3v) is 6.32. The van der Waals surface area contributed by atoms with Crippen LogP contribution in [0, 0.1) is 11.7 Å². The lowest BCUT2D eigenvalue weighted by Crippen LogP contribution is -2.42. The molecule has 1 aliphatic carbocycles. The maximum Gasteiger partial charge on any atom is 0.407 e. The van der Waals surface area contributed by atoms with Gasteiger partial charge in [0.1, 0.15) is 12.4 Å². The zero-order valence-corrected chi connectivity index (χ0v) is 19.2. The number of halogens is 1. The van der Waals surface area contributed by atoms with E-state index in [0.29, 0.717) is 0 Å². The second-order valence-corrected chi connectivity index (χ2v) is 8.54. The van der Waals surface area contributed by atoms with E-state index in [1.165, 1.54) is 6.07 Å². The van der Waals surface area contributed by atoms with Crippen molar-refractivity contribution in [1.82, 2.24) is 5.32 Å². The summed E-state index contributed by atoms with van der Waals surface area (Å²) in [6.45, 7) is 3.44. The van der Waals surface area contributed by atoms with Crippen molar-refractivity contribution in [3.05, 3.63) is 89.2 Å². The molecule has 180 valence electrons. The van der Waals surface area contributed by atoms with Crippen LogP contribution >= 0.6 is 0 Å². The van der Waals surface area contributed by atoms with E-state index in [1.54, 1.807) is 13.8 Å². The topological polar surface area (TPSA) is 105 Å². The number of hydrogen-bond donors (Lipinski definition) is 3. The van der Waals surface area contributed by atoms with Gasteiger partial charge in [-0.05, 0) is 47.4 Å². The van der Waals surface area contributed by atoms with Crippen molar-refractivity contribution in [2.45, 2.75) is 25.8 Å². The Hall–Kier alpha value is -4.20. The normalized spacial score (nSPS) is 13.8. The molecule has 3 aromatic rings. The molecule has 0 fully saturated rings. The number of amides is 2. The molecule has 1 aliphatic rings. The van der Waals surface area contributed by atoms with E-state index in [4.69, 9.17) is 9.84 Å². The van der Waals surface area contributed by atoms with Gasteiger partial charge in [-0.15, -0.1) is 0 Å². The number of aromatic carboxylic acids is 1. The molecule has 2 unspecified atom stereocenters. The van der Waals surface area contributed by atoms with Crippen LogP contribution in [0.25, 0.3) is 11.1 Å². The number of carboxylic acid groups (broad SMARTS) is 1. The summed E-state index contributed by atoms with van der Waals surface area (Å²) in [5.41, 5.74) is 4.10. The van der Waals surface area contributed by atoms with Gasteiger partial charge in [0.2, 0.25) is 5.91 Å². The van der Waals surface area contributed by atoms with Gasteiger partial charge in [-0.1, -0.05) is 55.5 Å². The monoisotopic (exact) mass is 476 g/mol. The lowest BCUT2D eigenvalue weighted by atomic mass is 9.98. The molecule has 4 rings (SSSR count). The van der Waals surface area contributed by atoms with Crippen molar-refractivity contribution in [3.8, 4) is 11.1 Å². The Kier molecular flexibility index (Phi) is 6.82. The summed E-state index contributed by atoms with van der Waals surface area (Å²) in [5, 5.41) is 14.1. The Morgan fingerprint density at radius 1 is 0.971 bits per heavy atom. The second-order valence-electron chi connectivity index (χ2n) is 8.54. The Morgan fingerprint density at radius 3 is 2.14 bits per heavy atom. The van der Waals surface area contributed by atoms with E-state index in [1.807, 2.05) is 36.4 Å². The molecular weight excluding hydrogens is 451 g/mol. The van der Waals surface area contributed by atoms with Crippen LogP contribution in [-0.2, 0) is 9.53 Å². The summed E-state index contributed by atoms with van der Waals surface area (Å²) in [5.74, 6) is -3.55. The Labute approximate surface area is 201 Å². The Balaban J connectivity index is 1.33. The molecule has 7 nitrogen and oxygen atoms in total. The first kappa shape index (κ1) is 23.9. The standard InChI is InChI=1S/C27H25FN2O5/c1-15(25(31)30-17-11-12-22(26(32)33)24(28)13-17)16(2)29-27(34)35-14-23-20-9-5-3-7-18(20)19-8-4-6-10-21(19)23/h3-13,15-16,23H,14H2,1-2H3,(H,29,34)(H,30,31)(H,32,33). The van der Waals surface area contributed by atoms with E-state index >= 15 is 0 Å². The van der Waals surface area contributed by atoms with Gasteiger partial charge >= 0.3 is 12.1 Å². The van der Waals surface area contributed by atoms with Gasteiger partial charge in [0.15, 0.2) is 0 Å². The molecule has 3 N–H and O–H groups in total. The number of ether oxygens (including phenoxy) is 1. The SMILES string of the molecule is CC(NC(=O)OCC1c2ccccc2-c2ccccc21)C(C)C(=O)Nc1ccc(C(=O)O)c(F)c1. The van der Waals surface area contributed by atoms with E-state index in [0.717, 1.165) is 34.4 Å². The van der Waals surface area contributed by atoms with Crippen molar-refractivity contribution in [2.24, 2.45) is 5.92 Å². The number of nitrogens with one attached hydrogen (secondary N) is 2. The maximum atomic E-state index is 13.9. The minimum Gasteiger partial charge on any atom is -0.478 e. The molecular formula is C27H25FN2O5. The fourth-order valence-corrected chi connectivity index (χ4v) is 4.20. The molecule has 0 bridgehead atoms. The lowest BCUT2D eigenvalue weighted by molar-refractivity contribution is -0.120. The average molecular weight is 477 g/mol. The maximum absolute atomic E-state index is 13.9. The van der Waals surface area contributed by atoms with E-state index < -0.39 is 41.3 Å². The van der Waals surface area contributed by atoms with Crippen LogP contribution in [0.5, 0.6) is 0 Å². The zero-order valence-electron chi connectivity index (χ0n) is 19.2. The van der Waals surface area contributed by atoms with Crippen LogP contribution in [0.4, 0.5) is 14.9 Å². The van der Waals surface area contributed by atoms with Crippen molar-refractivity contribution < 1.29 is 28.6 Å². The number of alkyl carbamates (subject to hydrolysis) is 1. The van der Waals surface area contributed by atoms with Crippen molar-refractivity contribution in [1.29, 1.82) is 0 Å². The molecule has 0 spiro atoms. The molecule has 0 radical (unpaired) electrons. The van der Waals surface area contributed by atoms with Gasteiger partial charge in [-0.2, -0.15) is 0 Å². The summed E-state index contributed by atoms with van der Waals surface area (Å²) in [6, 6.07) is 18.8. The summed E-state index contributed by atoms with van der Waals surface area (Å²) in [7, 11) is 0. The number of carbonyl (C=O) groups is 3. The number of rotatable bonds is 7. The molecule has 8 heteroatoms. The number of hydrogen-bond acceptors (Lipinski definition) is 4. The van der Waals surface area contributed by atoms with Crippen LogP contribution in [0.15, 0.2) is 66.7 Å². The van der Waals surface area contributed by atoms with Crippen LogP contribution in [-0.4, -0.2) is 35.7 Å². The number of anilines is 1. The smallest absolute Gasteiger partial charge is 0.407 e. The number of benzene rings is 3. The second kappa shape index (κ2) is 9.97. The van der Waals surface area contributed by atoms with Crippen LogP contribution < -0.4 is 10.6 Å². The minimum atomic E-state index is -1.39. The molecule has 2 atom stereocenters. The van der Waals surface area contributed by atoms with Gasteiger partial charge in [-0.3, -0.25) is 4.79 Å². The zero-order chi connectivity index (χ0) is 25.1. The number of fused-ring (bicyclic) bond motifs is 3. The first-order valence-corrected chi connectivity index (χ1v) is 11.2. The average Bonchev–Trinajstić information content (AvgIpc) is 3.15. The predicted octanol–water partition coefficient (Wildman–Crippen LogP) is 5.03. The lowest BCUT2D eigenvalue weighted by Gasteiger charge is -2.21. The van der Waals surface area contributed by atoms with Gasteiger partial charge in [0, 0.05) is 17.6 Å². The van der Waals surface area contributed by atoms with Crippen molar-refractivity contribution in [3.63, 3.8) is 0 Å². The molecule has 3 aromatic carbocycles. The Morgan fingerprint density at radius 2 is 1.57 bits per heavy atom. The van der Waals surface area contributed by atoms with Crippen molar-refractivity contribution in [2.75, 3.05) is 11.9 Å². The van der Waals surface area contributed by atoms with Gasteiger partial charge < -0.3 is 20.5 Å². The molecule has 0 saturated carbocycles. The van der Waals surface area contributed by atoms with Crippen molar-refractivity contribution >= 4 is 23.7 Å². The molecule has 0 heterocycles. The number of carbonyl (C=O) groups excluding carboxylic acids is 2. The fourth-order valence-electron chi connectivity index (χ4n) is 4.20. The Bertz CT molecular complexity index is 1250. The third-order valence-electron chi connectivity index (χ3n) is 6.32. The highest BCUT2D eigenvalue weighted by molar-refractivity contribution is 5.94. The van der Waals surface area contributed by atoms with Gasteiger partial charge in [0.25, 0.3) is 0 Å². The first-order chi connectivity index (χ1) is 16.8. The largest absolute Gasteiger partial charge is 0.478 e. The molecule has 35 heavy (non-hydrogen) atoms. The molecule has 0 saturated heterocycles. The quantitative estimate of drug-likeness (QED) is 0.444. The minimum absolute atomic E-state index is 0.0761. The summed E-state index contributed by atoms with van der Waals surface area (Å²) >= 11 is 0. The van der Waals surface area contributed by atoms with Crippen LogP contribution in [0.3, 0.4) is 0 Å². The fraction of sp³-hybridized carbons (Fsp3) is 0.222. The highest BCUT2D eigenvalue weighted by atomic mass is 19.1. The van der Waals surface area contributed by atoms with Crippen LogP contribution in [0.1, 0.15) is 41.3 Å². The van der Waals surface area contributed by atoms with Crippen LogP contribution in [0.2, 0.25) is 0 Å². The predicted molar refractivity (Wildman–Crippen MR) is 129 cm³/mol. The number of carboxylic acids is 1. The molecule has 0 aromatic heterocycles. The third kappa shape index (κ3) is 5.01. The highest BCUT2D eigenvalue weighted by Gasteiger charge is 2.29. The van der Waals surface area contributed by atoms with Gasteiger partial charge in [-0.25, -0.2) is 14.0 Å². The summed E-state index contributed by atoms with van der Waals surface area (Å²) < 4.78 is 19.4. The first-order valence-electron chi connectivity index (χ1n) is 11.2.